The lowest BCUT2D eigenvalue weighted by Crippen LogP contribution is -2.34. The molecule has 0 aliphatic heterocycles. The Morgan fingerprint density at radius 2 is 1.89 bits per heavy atom. The van der Waals surface area contributed by atoms with Crippen LogP contribution in [-0.2, 0) is 6.54 Å². The van der Waals surface area contributed by atoms with Gasteiger partial charge in [0.2, 0.25) is 0 Å². The van der Waals surface area contributed by atoms with E-state index in [1.165, 1.54) is 4.57 Å². The molecular weight excluding hydrogens is 232 g/mol. The van der Waals surface area contributed by atoms with Crippen molar-refractivity contribution in [3.63, 3.8) is 0 Å². The van der Waals surface area contributed by atoms with Gasteiger partial charge in [-0.1, -0.05) is 33.1 Å². The minimum absolute atomic E-state index is 0.0649. The second-order valence-corrected chi connectivity index (χ2v) is 4.56. The Balaban J connectivity index is 2.89. The summed E-state index contributed by atoms with van der Waals surface area (Å²) < 4.78 is 1.34. The van der Waals surface area contributed by atoms with Gasteiger partial charge >= 0.3 is 5.69 Å². The molecule has 6 nitrogen and oxygen atoms in total. The summed E-state index contributed by atoms with van der Waals surface area (Å²) in [6.07, 6.45) is 4.18. The summed E-state index contributed by atoms with van der Waals surface area (Å²) in [5.41, 5.74) is 10.0. The number of aromatic nitrogens is 2. The van der Waals surface area contributed by atoms with Crippen molar-refractivity contribution >= 4 is 11.5 Å². The summed E-state index contributed by atoms with van der Waals surface area (Å²) in [5, 5.41) is 0. The minimum atomic E-state index is -0.616. The summed E-state index contributed by atoms with van der Waals surface area (Å²) in [4.78, 5) is 25.0. The molecule has 5 N–H and O–H groups in total. The molecule has 0 spiro atoms. The van der Waals surface area contributed by atoms with Crippen LogP contribution in [0.3, 0.4) is 0 Å². The van der Waals surface area contributed by atoms with Crippen molar-refractivity contribution in [1.82, 2.24) is 9.55 Å². The van der Waals surface area contributed by atoms with E-state index in [0.29, 0.717) is 12.5 Å². The third-order valence-corrected chi connectivity index (χ3v) is 3.31. The summed E-state index contributed by atoms with van der Waals surface area (Å²) >= 11 is 0. The molecule has 0 aliphatic carbocycles. The third-order valence-electron chi connectivity index (χ3n) is 3.31. The zero-order valence-corrected chi connectivity index (χ0v) is 11.0. The van der Waals surface area contributed by atoms with E-state index in [2.05, 4.69) is 18.8 Å². The number of H-pyrrole nitrogens is 1. The summed E-state index contributed by atoms with van der Waals surface area (Å²) in [7, 11) is 0. The monoisotopic (exact) mass is 254 g/mol. The van der Waals surface area contributed by atoms with Gasteiger partial charge in [0, 0.05) is 6.54 Å². The number of nitrogens with one attached hydrogen (secondary N) is 1. The highest BCUT2D eigenvalue weighted by Gasteiger charge is 2.11. The maximum atomic E-state index is 11.6. The molecule has 0 aliphatic rings. The van der Waals surface area contributed by atoms with E-state index in [0.717, 1.165) is 25.7 Å². The third kappa shape index (κ3) is 3.15. The average Bonchev–Trinajstić information content (AvgIpc) is 2.34. The zero-order chi connectivity index (χ0) is 13.7. The quantitative estimate of drug-likeness (QED) is 0.701. The van der Waals surface area contributed by atoms with Crippen molar-refractivity contribution in [2.75, 3.05) is 11.5 Å². The fraction of sp³-hybridized carbons (Fsp3) is 0.667. The molecule has 1 rings (SSSR count). The van der Waals surface area contributed by atoms with E-state index in [4.69, 9.17) is 11.5 Å². The van der Waals surface area contributed by atoms with Crippen LogP contribution >= 0.6 is 0 Å². The molecule has 1 atom stereocenters. The number of hydrogen-bond donors (Lipinski definition) is 3. The van der Waals surface area contributed by atoms with Crippen LogP contribution in [0.1, 0.15) is 39.5 Å². The number of rotatable bonds is 6. The van der Waals surface area contributed by atoms with E-state index in [-0.39, 0.29) is 11.5 Å². The van der Waals surface area contributed by atoms with Crippen LogP contribution in [0.5, 0.6) is 0 Å². The first kappa shape index (κ1) is 14.3. The van der Waals surface area contributed by atoms with Gasteiger partial charge in [-0.05, 0) is 12.3 Å². The molecule has 102 valence electrons. The highest BCUT2D eigenvalue weighted by atomic mass is 16.2. The van der Waals surface area contributed by atoms with Gasteiger partial charge in [-0.2, -0.15) is 0 Å². The van der Waals surface area contributed by atoms with Crippen molar-refractivity contribution in [3.8, 4) is 0 Å². The Morgan fingerprint density at radius 3 is 2.44 bits per heavy atom. The first-order chi connectivity index (χ1) is 8.51. The predicted molar refractivity (Wildman–Crippen MR) is 73.5 cm³/mol. The molecule has 0 saturated heterocycles. The van der Waals surface area contributed by atoms with E-state index < -0.39 is 11.2 Å². The van der Waals surface area contributed by atoms with Crippen molar-refractivity contribution in [2.24, 2.45) is 5.92 Å². The van der Waals surface area contributed by atoms with Gasteiger partial charge in [-0.3, -0.25) is 14.3 Å². The topological polar surface area (TPSA) is 107 Å². The van der Waals surface area contributed by atoms with E-state index in [1.54, 1.807) is 0 Å². The Kier molecular flexibility index (Phi) is 5.00. The van der Waals surface area contributed by atoms with Crippen molar-refractivity contribution in [2.45, 2.75) is 46.1 Å². The second kappa shape index (κ2) is 6.28. The van der Waals surface area contributed by atoms with Gasteiger partial charge in [-0.15, -0.1) is 0 Å². The molecule has 1 aromatic heterocycles. The Labute approximate surface area is 106 Å². The van der Waals surface area contributed by atoms with Crippen LogP contribution < -0.4 is 22.7 Å². The highest BCUT2D eigenvalue weighted by Crippen LogP contribution is 2.17. The maximum absolute atomic E-state index is 11.6. The lowest BCUT2D eigenvalue weighted by molar-refractivity contribution is 0.400. The lowest BCUT2D eigenvalue weighted by atomic mass is 9.97. The van der Waals surface area contributed by atoms with Gasteiger partial charge < -0.3 is 11.5 Å². The minimum Gasteiger partial charge on any atom is -0.391 e. The van der Waals surface area contributed by atoms with Crippen molar-refractivity contribution in [1.29, 1.82) is 0 Å². The SMILES string of the molecule is CCCC(CC)CCn1c(N)c(N)c(=O)[nH]c1=O. The zero-order valence-electron chi connectivity index (χ0n) is 11.0. The van der Waals surface area contributed by atoms with E-state index in [9.17, 15) is 9.59 Å². The van der Waals surface area contributed by atoms with Crippen molar-refractivity contribution in [3.05, 3.63) is 20.8 Å². The summed E-state index contributed by atoms with van der Waals surface area (Å²) in [5.74, 6) is 0.629. The average molecular weight is 254 g/mol. The highest BCUT2D eigenvalue weighted by molar-refractivity contribution is 5.56. The van der Waals surface area contributed by atoms with Crippen LogP contribution in [-0.4, -0.2) is 9.55 Å². The van der Waals surface area contributed by atoms with Gasteiger partial charge in [0.15, 0.2) is 0 Å². The van der Waals surface area contributed by atoms with Gasteiger partial charge in [0.25, 0.3) is 5.56 Å². The molecule has 0 saturated carbocycles. The number of nitrogens with two attached hydrogens (primary N) is 2. The number of anilines is 2. The van der Waals surface area contributed by atoms with Crippen LogP contribution in [0.4, 0.5) is 11.5 Å². The Hall–Kier alpha value is -1.72. The molecule has 0 radical (unpaired) electrons. The predicted octanol–water partition coefficient (Wildman–Crippen LogP) is 0.917. The molecule has 0 aromatic carbocycles. The number of aromatic amines is 1. The first-order valence-corrected chi connectivity index (χ1v) is 6.39. The van der Waals surface area contributed by atoms with Gasteiger partial charge in [0.1, 0.15) is 11.5 Å². The number of hydrogen-bond acceptors (Lipinski definition) is 4. The van der Waals surface area contributed by atoms with Crippen LogP contribution in [0.25, 0.3) is 0 Å². The fourth-order valence-corrected chi connectivity index (χ4v) is 2.10. The summed E-state index contributed by atoms with van der Waals surface area (Å²) in [6.45, 7) is 4.76. The number of nitrogen functional groups attached to an aromatic ring is 2. The lowest BCUT2D eigenvalue weighted by Gasteiger charge is -2.16. The largest absolute Gasteiger partial charge is 0.391 e. The van der Waals surface area contributed by atoms with E-state index >= 15 is 0 Å². The second-order valence-electron chi connectivity index (χ2n) is 4.56. The molecule has 1 heterocycles. The molecule has 1 aromatic rings. The summed E-state index contributed by atoms with van der Waals surface area (Å²) in [6, 6.07) is 0. The first-order valence-electron chi connectivity index (χ1n) is 6.39. The number of nitrogens with zero attached hydrogens (tertiary/aromatic N) is 1. The molecule has 6 heteroatoms. The molecule has 18 heavy (non-hydrogen) atoms. The standard InChI is InChI=1S/C12H22N4O2/c1-3-5-8(4-2)6-7-16-10(14)9(13)11(17)15-12(16)18/h8H,3-7,13-14H2,1-2H3,(H,15,17,18). The normalized spacial score (nSPS) is 12.6. The van der Waals surface area contributed by atoms with Crippen molar-refractivity contribution < 1.29 is 0 Å². The Morgan fingerprint density at radius 1 is 1.22 bits per heavy atom. The molecular formula is C12H22N4O2. The molecule has 1 unspecified atom stereocenters. The van der Waals surface area contributed by atoms with E-state index in [1.807, 2.05) is 0 Å². The van der Waals surface area contributed by atoms with Crippen LogP contribution in [0.2, 0.25) is 0 Å². The fourth-order valence-electron chi connectivity index (χ4n) is 2.10. The smallest absolute Gasteiger partial charge is 0.330 e. The van der Waals surface area contributed by atoms with Gasteiger partial charge in [-0.25, -0.2) is 4.79 Å². The Bertz CT molecular complexity index is 504. The maximum Gasteiger partial charge on any atom is 0.330 e. The van der Waals surface area contributed by atoms with Crippen LogP contribution in [0.15, 0.2) is 9.59 Å². The molecule has 0 bridgehead atoms. The van der Waals surface area contributed by atoms with Crippen LogP contribution in [0, 0.1) is 5.92 Å². The molecule has 0 fully saturated rings. The van der Waals surface area contributed by atoms with Gasteiger partial charge in [0.05, 0.1) is 0 Å². The molecule has 0 amide bonds.